The van der Waals surface area contributed by atoms with Gasteiger partial charge in [0.05, 0.1) is 34.1 Å². The van der Waals surface area contributed by atoms with E-state index < -0.39 is 21.8 Å². The van der Waals surface area contributed by atoms with Crippen molar-refractivity contribution in [3.63, 3.8) is 0 Å². The number of anilines is 2. The van der Waals surface area contributed by atoms with Crippen LogP contribution in [0, 0.1) is 0 Å². The molecule has 0 bridgehead atoms. The molecule has 3 N–H and O–H groups in total. The van der Waals surface area contributed by atoms with Crippen molar-refractivity contribution in [3.05, 3.63) is 77.4 Å². The molecule has 1 atom stereocenters. The molecule has 200 valence electrons. The van der Waals surface area contributed by atoms with E-state index in [1.165, 1.54) is 23.5 Å². The number of sulfone groups is 1. The second-order valence-corrected chi connectivity index (χ2v) is 12.1. The highest BCUT2D eigenvalue weighted by atomic mass is 32.2. The molecule has 1 unspecified atom stereocenters. The van der Waals surface area contributed by atoms with E-state index in [1.807, 2.05) is 31.1 Å². The van der Waals surface area contributed by atoms with Crippen molar-refractivity contribution in [1.82, 2.24) is 4.98 Å². The van der Waals surface area contributed by atoms with Crippen molar-refractivity contribution in [2.24, 2.45) is 0 Å². The van der Waals surface area contributed by atoms with Crippen LogP contribution in [0.1, 0.15) is 29.7 Å². The fourth-order valence-electron chi connectivity index (χ4n) is 3.83. The number of carbonyl (C=O) groups excluding carboxylic acids is 1. The Bertz CT molecular complexity index is 1490. The number of aliphatic hydroxyl groups excluding tert-OH is 2. The Kier molecular flexibility index (Phi) is 8.32. The first-order chi connectivity index (χ1) is 18.1. The molecule has 11 heteroatoms. The molecule has 0 spiro atoms. The van der Waals surface area contributed by atoms with E-state index in [2.05, 4.69) is 10.3 Å². The summed E-state index contributed by atoms with van der Waals surface area (Å²) in [5, 5.41) is 22.3. The Hall–Kier alpha value is -3.51. The summed E-state index contributed by atoms with van der Waals surface area (Å²) in [6.45, 7) is 1.11. The molecule has 38 heavy (non-hydrogen) atoms. The highest BCUT2D eigenvalue weighted by Gasteiger charge is 2.25. The van der Waals surface area contributed by atoms with Crippen molar-refractivity contribution in [3.8, 4) is 5.75 Å². The Morgan fingerprint density at radius 1 is 1.03 bits per heavy atom. The topological polar surface area (TPSA) is 129 Å². The number of aromatic nitrogens is 1. The van der Waals surface area contributed by atoms with Crippen LogP contribution in [0.3, 0.4) is 0 Å². The predicted octanol–water partition coefficient (Wildman–Crippen LogP) is 3.90. The van der Waals surface area contributed by atoms with E-state index in [0.29, 0.717) is 33.1 Å². The van der Waals surface area contributed by atoms with Crippen LogP contribution >= 0.6 is 11.3 Å². The number of benzene rings is 3. The third-order valence-electron chi connectivity index (χ3n) is 6.05. The van der Waals surface area contributed by atoms with Crippen molar-refractivity contribution in [2.45, 2.75) is 31.1 Å². The van der Waals surface area contributed by atoms with Gasteiger partial charge >= 0.3 is 0 Å². The average Bonchev–Trinajstić information content (AvgIpc) is 3.31. The Balaban J connectivity index is 1.65. The summed E-state index contributed by atoms with van der Waals surface area (Å²) in [5.41, 5.74) is 3.17. The molecule has 0 saturated carbocycles. The lowest BCUT2D eigenvalue weighted by molar-refractivity contribution is -0.123. The quantitative estimate of drug-likeness (QED) is 0.269. The number of thiazole rings is 1. The fourth-order valence-corrected chi connectivity index (χ4v) is 5.62. The maximum absolute atomic E-state index is 13.5. The molecule has 0 aliphatic rings. The van der Waals surface area contributed by atoms with Gasteiger partial charge in [0, 0.05) is 25.3 Å². The van der Waals surface area contributed by atoms with Crippen molar-refractivity contribution >= 4 is 48.1 Å². The summed E-state index contributed by atoms with van der Waals surface area (Å²) >= 11 is 1.23. The first-order valence-corrected chi connectivity index (χ1v) is 14.3. The molecule has 0 fully saturated rings. The van der Waals surface area contributed by atoms with E-state index in [9.17, 15) is 23.4 Å². The zero-order chi connectivity index (χ0) is 27.4. The highest BCUT2D eigenvalue weighted by molar-refractivity contribution is 7.91. The van der Waals surface area contributed by atoms with Gasteiger partial charge in [-0.15, -0.1) is 0 Å². The van der Waals surface area contributed by atoms with Gasteiger partial charge in [0.15, 0.2) is 15.0 Å². The monoisotopic (exact) mass is 555 g/mol. The summed E-state index contributed by atoms with van der Waals surface area (Å²) in [4.78, 5) is 20.1. The molecule has 1 amide bonds. The maximum Gasteiger partial charge on any atom is 0.271 e. The van der Waals surface area contributed by atoms with E-state index in [-0.39, 0.29) is 23.9 Å². The van der Waals surface area contributed by atoms with E-state index >= 15 is 0 Å². The predicted molar refractivity (Wildman–Crippen MR) is 148 cm³/mol. The lowest BCUT2D eigenvalue weighted by Crippen LogP contribution is -2.25. The Labute approximate surface area is 225 Å². The van der Waals surface area contributed by atoms with Gasteiger partial charge in [-0.05, 0) is 59.7 Å². The summed E-state index contributed by atoms with van der Waals surface area (Å²) in [6, 6.07) is 16.8. The van der Waals surface area contributed by atoms with Gasteiger partial charge in [-0.3, -0.25) is 10.1 Å². The van der Waals surface area contributed by atoms with E-state index in [0.717, 1.165) is 10.4 Å². The van der Waals surface area contributed by atoms with Crippen molar-refractivity contribution < 1.29 is 28.2 Å². The number of aliphatic hydroxyl groups is 2. The second-order valence-electron chi connectivity index (χ2n) is 8.77. The van der Waals surface area contributed by atoms with Gasteiger partial charge in [-0.25, -0.2) is 13.4 Å². The van der Waals surface area contributed by atoms with Crippen LogP contribution in [0.2, 0.25) is 0 Å². The van der Waals surface area contributed by atoms with Gasteiger partial charge in [-0.2, -0.15) is 0 Å². The standard InChI is InChI=1S/C27H29N3O6S2/c1-4-38(34,35)22-11-5-17(6-12-22)25(36-21-9-7-20(8-10-21)30(2)3)26(33)29-27-28-23-13-18(15-31)19(16-32)14-24(23)37-27/h5-14,25,31-32H,4,15-16H2,1-3H3,(H,28,29,33). The minimum absolute atomic E-state index is 0.0292. The number of ether oxygens (including phenoxy) is 1. The molecule has 1 aromatic heterocycles. The molecule has 4 rings (SSSR count). The lowest BCUT2D eigenvalue weighted by Gasteiger charge is -2.20. The number of fused-ring (bicyclic) bond motifs is 1. The largest absolute Gasteiger partial charge is 0.476 e. The van der Waals surface area contributed by atoms with Crippen molar-refractivity contribution in [1.29, 1.82) is 0 Å². The number of hydrogen-bond donors (Lipinski definition) is 3. The molecule has 0 aliphatic heterocycles. The number of rotatable bonds is 10. The van der Waals surface area contributed by atoms with Crippen LogP contribution in [0.25, 0.3) is 10.2 Å². The summed E-state index contributed by atoms with van der Waals surface area (Å²) in [5.74, 6) is -0.0550. The normalized spacial score (nSPS) is 12.3. The molecule has 0 radical (unpaired) electrons. The van der Waals surface area contributed by atoms with E-state index in [4.69, 9.17) is 4.74 Å². The van der Waals surface area contributed by atoms with E-state index in [1.54, 1.807) is 43.3 Å². The first kappa shape index (κ1) is 27.5. The third-order valence-corrected chi connectivity index (χ3v) is 8.73. The van der Waals surface area contributed by atoms with Crippen LogP contribution in [-0.4, -0.2) is 49.4 Å². The fraction of sp³-hybridized carbons (Fsp3) is 0.259. The molecule has 9 nitrogen and oxygen atoms in total. The smallest absolute Gasteiger partial charge is 0.271 e. The minimum Gasteiger partial charge on any atom is -0.476 e. The van der Waals surface area contributed by atoms with Crippen LogP contribution in [0.5, 0.6) is 5.75 Å². The third kappa shape index (κ3) is 5.97. The summed E-state index contributed by atoms with van der Waals surface area (Å²) in [7, 11) is 0.442. The number of hydrogen-bond acceptors (Lipinski definition) is 9. The molecule has 1 heterocycles. The minimum atomic E-state index is -3.40. The molecular weight excluding hydrogens is 526 g/mol. The zero-order valence-corrected chi connectivity index (χ0v) is 22.8. The lowest BCUT2D eigenvalue weighted by atomic mass is 10.1. The van der Waals surface area contributed by atoms with Crippen LogP contribution < -0.4 is 15.0 Å². The number of amides is 1. The Morgan fingerprint density at radius 2 is 1.66 bits per heavy atom. The maximum atomic E-state index is 13.5. The van der Waals surface area contributed by atoms with Crippen LogP contribution in [-0.2, 0) is 27.8 Å². The van der Waals surface area contributed by atoms with Gasteiger partial charge in [0.1, 0.15) is 5.75 Å². The number of carbonyl (C=O) groups is 1. The van der Waals surface area contributed by atoms with Gasteiger partial charge < -0.3 is 19.8 Å². The molecular formula is C27H29N3O6S2. The number of nitrogens with one attached hydrogen (secondary N) is 1. The van der Waals surface area contributed by atoms with Crippen molar-refractivity contribution in [2.75, 3.05) is 30.1 Å². The SMILES string of the molecule is CCS(=O)(=O)c1ccc(C(Oc2ccc(N(C)C)cc2)C(=O)Nc2nc3cc(CO)c(CO)cc3s2)cc1. The molecule has 0 saturated heterocycles. The molecule has 4 aromatic rings. The van der Waals surface area contributed by atoms with Crippen LogP contribution in [0.4, 0.5) is 10.8 Å². The summed E-state index contributed by atoms with van der Waals surface area (Å²) < 4.78 is 31.4. The van der Waals surface area contributed by atoms with Gasteiger partial charge in [-0.1, -0.05) is 30.4 Å². The number of nitrogens with zero attached hydrogens (tertiary/aromatic N) is 2. The molecule has 3 aromatic carbocycles. The average molecular weight is 556 g/mol. The zero-order valence-electron chi connectivity index (χ0n) is 21.2. The highest BCUT2D eigenvalue weighted by Crippen LogP contribution is 2.31. The van der Waals surface area contributed by atoms with Gasteiger partial charge in [0.2, 0.25) is 6.10 Å². The molecule has 0 aliphatic carbocycles. The van der Waals surface area contributed by atoms with Crippen LogP contribution in [0.15, 0.2) is 65.6 Å². The van der Waals surface area contributed by atoms with Gasteiger partial charge in [0.25, 0.3) is 5.91 Å². The summed E-state index contributed by atoms with van der Waals surface area (Å²) in [6.07, 6.45) is -1.09. The first-order valence-electron chi connectivity index (χ1n) is 11.9. The second kappa shape index (κ2) is 11.5. The Morgan fingerprint density at radius 3 is 2.24 bits per heavy atom.